The molecular formula is C25H30N2O5. The first-order valence-electron chi connectivity index (χ1n) is 11.1. The summed E-state index contributed by atoms with van der Waals surface area (Å²) in [5, 5.41) is 14.4. The Kier molecular flexibility index (Phi) is 7.87. The van der Waals surface area contributed by atoms with Gasteiger partial charge in [0.15, 0.2) is 0 Å². The second-order valence-electron chi connectivity index (χ2n) is 7.97. The molecule has 2 amide bonds. The standard InChI is InChI=1S/C25H30N2O5/c1-3-5-14-22(24(29)30)26-23(28)21(4-2)27-25(31)32-15-20-18-12-8-6-10-16(18)17-11-7-9-13-19(17)20/h6-13,20-22H,3-5,14-15H2,1-2H3,(H,26,28)(H,27,31)(H,29,30)/t21-,22+/m1/s1. The van der Waals surface area contributed by atoms with Gasteiger partial charge >= 0.3 is 12.1 Å². The zero-order valence-electron chi connectivity index (χ0n) is 18.5. The van der Waals surface area contributed by atoms with E-state index in [1.807, 2.05) is 43.3 Å². The van der Waals surface area contributed by atoms with Crippen molar-refractivity contribution in [3.8, 4) is 11.1 Å². The second-order valence-corrected chi connectivity index (χ2v) is 7.97. The van der Waals surface area contributed by atoms with Crippen molar-refractivity contribution in [1.82, 2.24) is 10.6 Å². The van der Waals surface area contributed by atoms with E-state index in [0.717, 1.165) is 28.7 Å². The number of amides is 2. The van der Waals surface area contributed by atoms with Crippen LogP contribution < -0.4 is 10.6 Å². The Hall–Kier alpha value is -3.35. The molecular weight excluding hydrogens is 408 g/mol. The Morgan fingerprint density at radius 3 is 2.06 bits per heavy atom. The van der Waals surface area contributed by atoms with Gasteiger partial charge in [0, 0.05) is 5.92 Å². The summed E-state index contributed by atoms with van der Waals surface area (Å²) in [6, 6.07) is 14.3. The molecule has 0 heterocycles. The highest BCUT2D eigenvalue weighted by Gasteiger charge is 2.30. The lowest BCUT2D eigenvalue weighted by atomic mass is 9.98. The Balaban J connectivity index is 1.60. The van der Waals surface area contributed by atoms with E-state index >= 15 is 0 Å². The fourth-order valence-corrected chi connectivity index (χ4v) is 4.07. The molecule has 0 radical (unpaired) electrons. The number of benzene rings is 2. The van der Waals surface area contributed by atoms with Gasteiger partial charge in [-0.2, -0.15) is 0 Å². The van der Waals surface area contributed by atoms with Gasteiger partial charge < -0.3 is 20.5 Å². The summed E-state index contributed by atoms with van der Waals surface area (Å²) in [5.41, 5.74) is 4.47. The third-order valence-corrected chi connectivity index (χ3v) is 5.82. The molecule has 0 fully saturated rings. The van der Waals surface area contributed by atoms with Crippen LogP contribution in [0.15, 0.2) is 48.5 Å². The second kappa shape index (κ2) is 10.8. The van der Waals surface area contributed by atoms with Gasteiger partial charge in [-0.1, -0.05) is 75.2 Å². The zero-order chi connectivity index (χ0) is 23.1. The number of ether oxygens (including phenoxy) is 1. The number of aliphatic carboxylic acids is 1. The SMILES string of the molecule is CCCC[C@H](NC(=O)[C@@H](CC)NC(=O)OCC1c2ccccc2-c2ccccc21)C(=O)O. The molecule has 32 heavy (non-hydrogen) atoms. The third kappa shape index (κ3) is 5.28. The molecule has 0 unspecified atom stereocenters. The van der Waals surface area contributed by atoms with E-state index < -0.39 is 30.1 Å². The van der Waals surface area contributed by atoms with Gasteiger partial charge in [0.1, 0.15) is 18.7 Å². The molecule has 0 aromatic heterocycles. The van der Waals surface area contributed by atoms with Crippen molar-refractivity contribution in [1.29, 1.82) is 0 Å². The van der Waals surface area contributed by atoms with Crippen molar-refractivity contribution in [3.63, 3.8) is 0 Å². The van der Waals surface area contributed by atoms with E-state index in [-0.39, 0.29) is 12.5 Å². The van der Waals surface area contributed by atoms with Crippen LogP contribution in [0, 0.1) is 0 Å². The minimum atomic E-state index is -1.08. The van der Waals surface area contributed by atoms with Crippen LogP contribution in [0.25, 0.3) is 11.1 Å². The van der Waals surface area contributed by atoms with Crippen molar-refractivity contribution >= 4 is 18.0 Å². The monoisotopic (exact) mass is 438 g/mol. The quantitative estimate of drug-likeness (QED) is 0.519. The van der Waals surface area contributed by atoms with E-state index in [4.69, 9.17) is 4.74 Å². The summed E-state index contributed by atoms with van der Waals surface area (Å²) < 4.78 is 5.49. The Morgan fingerprint density at radius 2 is 1.53 bits per heavy atom. The van der Waals surface area contributed by atoms with Crippen LogP contribution in [0.2, 0.25) is 0 Å². The van der Waals surface area contributed by atoms with Gasteiger partial charge in [-0.15, -0.1) is 0 Å². The summed E-state index contributed by atoms with van der Waals surface area (Å²) in [6.07, 6.45) is 1.48. The number of nitrogens with one attached hydrogen (secondary N) is 2. The molecule has 2 aromatic carbocycles. The molecule has 170 valence electrons. The average molecular weight is 439 g/mol. The minimum Gasteiger partial charge on any atom is -0.480 e. The minimum absolute atomic E-state index is 0.0764. The first-order valence-corrected chi connectivity index (χ1v) is 11.1. The number of carboxylic acids is 1. The predicted octanol–water partition coefficient (Wildman–Crippen LogP) is 4.06. The van der Waals surface area contributed by atoms with Gasteiger partial charge in [0.2, 0.25) is 5.91 Å². The lowest BCUT2D eigenvalue weighted by Gasteiger charge is -2.21. The molecule has 0 aliphatic heterocycles. The topological polar surface area (TPSA) is 105 Å². The Morgan fingerprint density at radius 1 is 0.938 bits per heavy atom. The highest BCUT2D eigenvalue weighted by Crippen LogP contribution is 2.44. The van der Waals surface area contributed by atoms with Crippen molar-refractivity contribution in [2.24, 2.45) is 0 Å². The van der Waals surface area contributed by atoms with Crippen LogP contribution in [0.3, 0.4) is 0 Å². The molecule has 0 spiro atoms. The molecule has 7 nitrogen and oxygen atoms in total. The summed E-state index contributed by atoms with van der Waals surface area (Å²) >= 11 is 0. The maximum absolute atomic E-state index is 12.5. The van der Waals surface area contributed by atoms with Crippen LogP contribution in [-0.2, 0) is 14.3 Å². The first-order chi connectivity index (χ1) is 15.5. The summed E-state index contributed by atoms with van der Waals surface area (Å²) in [5.74, 6) is -1.68. The molecule has 0 bridgehead atoms. The molecule has 0 saturated heterocycles. The molecule has 3 rings (SSSR count). The van der Waals surface area contributed by atoms with Crippen molar-refractivity contribution in [2.75, 3.05) is 6.61 Å². The fourth-order valence-electron chi connectivity index (χ4n) is 4.07. The maximum atomic E-state index is 12.5. The lowest BCUT2D eigenvalue weighted by Crippen LogP contribution is -2.51. The number of carbonyl (C=O) groups excluding carboxylic acids is 2. The summed E-state index contributed by atoms with van der Waals surface area (Å²) in [4.78, 5) is 36.4. The molecule has 2 aromatic rings. The maximum Gasteiger partial charge on any atom is 0.407 e. The summed E-state index contributed by atoms with van der Waals surface area (Å²) in [6.45, 7) is 3.84. The molecule has 7 heteroatoms. The van der Waals surface area contributed by atoms with Crippen molar-refractivity contribution in [3.05, 3.63) is 59.7 Å². The van der Waals surface area contributed by atoms with Gasteiger partial charge in [0.25, 0.3) is 0 Å². The highest BCUT2D eigenvalue weighted by atomic mass is 16.5. The Labute approximate surface area is 188 Å². The number of carboxylic acid groups (broad SMARTS) is 1. The zero-order valence-corrected chi connectivity index (χ0v) is 18.5. The summed E-state index contributed by atoms with van der Waals surface area (Å²) in [7, 11) is 0. The fraction of sp³-hybridized carbons (Fsp3) is 0.400. The first kappa shape index (κ1) is 23.3. The molecule has 1 aliphatic rings. The number of carbonyl (C=O) groups is 3. The molecule has 1 aliphatic carbocycles. The molecule has 0 saturated carbocycles. The highest BCUT2D eigenvalue weighted by molar-refractivity contribution is 5.89. The third-order valence-electron chi connectivity index (χ3n) is 5.82. The van der Waals surface area contributed by atoms with E-state index in [2.05, 4.69) is 22.8 Å². The normalized spacial score (nSPS) is 14.1. The average Bonchev–Trinajstić information content (AvgIpc) is 3.12. The van der Waals surface area contributed by atoms with E-state index in [0.29, 0.717) is 19.3 Å². The van der Waals surface area contributed by atoms with Gasteiger partial charge in [-0.05, 0) is 35.1 Å². The van der Waals surface area contributed by atoms with Crippen LogP contribution >= 0.6 is 0 Å². The van der Waals surface area contributed by atoms with Crippen LogP contribution in [0.4, 0.5) is 4.79 Å². The van der Waals surface area contributed by atoms with Crippen LogP contribution in [-0.4, -0.2) is 41.8 Å². The van der Waals surface area contributed by atoms with Gasteiger partial charge in [-0.3, -0.25) is 4.79 Å². The lowest BCUT2D eigenvalue weighted by molar-refractivity contribution is -0.142. The number of rotatable bonds is 10. The van der Waals surface area contributed by atoms with Gasteiger partial charge in [-0.25, -0.2) is 9.59 Å². The molecule has 3 N–H and O–H groups in total. The largest absolute Gasteiger partial charge is 0.480 e. The van der Waals surface area contributed by atoms with E-state index in [1.54, 1.807) is 6.92 Å². The van der Waals surface area contributed by atoms with Crippen LogP contribution in [0.5, 0.6) is 0 Å². The van der Waals surface area contributed by atoms with Crippen molar-refractivity contribution in [2.45, 2.75) is 57.5 Å². The van der Waals surface area contributed by atoms with Gasteiger partial charge in [0.05, 0.1) is 0 Å². The van der Waals surface area contributed by atoms with Crippen molar-refractivity contribution < 1.29 is 24.2 Å². The van der Waals surface area contributed by atoms with E-state index in [1.165, 1.54) is 0 Å². The number of hydrogen-bond acceptors (Lipinski definition) is 4. The van der Waals surface area contributed by atoms with Crippen LogP contribution in [0.1, 0.15) is 56.6 Å². The number of alkyl carbamates (subject to hydrolysis) is 1. The number of unbranched alkanes of at least 4 members (excludes halogenated alkanes) is 1. The Bertz CT molecular complexity index is 929. The number of fused-ring (bicyclic) bond motifs is 3. The number of hydrogen-bond donors (Lipinski definition) is 3. The predicted molar refractivity (Wildman–Crippen MR) is 121 cm³/mol. The van der Waals surface area contributed by atoms with E-state index in [9.17, 15) is 19.5 Å². The smallest absolute Gasteiger partial charge is 0.407 e. The molecule has 2 atom stereocenters.